The van der Waals surface area contributed by atoms with Crippen molar-refractivity contribution in [2.75, 3.05) is 0 Å². The van der Waals surface area contributed by atoms with Gasteiger partial charge in [-0.2, -0.15) is 0 Å². The zero-order valence-electron chi connectivity index (χ0n) is 4.24. The first-order valence-electron chi connectivity index (χ1n) is 2.11. The monoisotopic (exact) mass is 242 g/mol. The van der Waals surface area contributed by atoms with Crippen LogP contribution in [0.5, 0.6) is 0 Å². The zero-order valence-corrected chi connectivity index (χ0v) is 7.22. The highest BCUT2D eigenvalue weighted by molar-refractivity contribution is 14.1. The van der Waals surface area contributed by atoms with Crippen LogP contribution in [0.15, 0.2) is 5.38 Å². The van der Waals surface area contributed by atoms with E-state index in [1.807, 2.05) is 29.5 Å². The summed E-state index contributed by atoms with van der Waals surface area (Å²) in [5.74, 6) is -0.0897. The third kappa shape index (κ3) is 1.02. The van der Waals surface area contributed by atoms with Crippen LogP contribution in [0.3, 0.4) is 0 Å². The highest BCUT2D eigenvalue weighted by atomic mass is 127. The molecule has 0 radical (unpaired) electrons. The molecule has 0 bridgehead atoms. The first kappa shape index (κ1) is 6.48. The average molecular weight is 242 g/mol. The van der Waals surface area contributed by atoms with E-state index in [0.717, 1.165) is 8.45 Å². The van der Waals surface area contributed by atoms with Crippen molar-refractivity contribution in [2.24, 2.45) is 0 Å². The second kappa shape index (κ2) is 2.31. The standard InChI is InChI=1S/C5H4FIS/c1-3-5(7)4(6)2-8-3/h2H,1H3. The Hall–Kier alpha value is 0.360. The zero-order chi connectivity index (χ0) is 6.15. The first-order chi connectivity index (χ1) is 3.72. The molecule has 8 heavy (non-hydrogen) atoms. The molecule has 1 aromatic heterocycles. The fourth-order valence-corrected chi connectivity index (χ4v) is 1.76. The Balaban J connectivity index is 3.19. The molecule has 0 amide bonds. The van der Waals surface area contributed by atoms with Gasteiger partial charge in [-0.1, -0.05) is 0 Å². The summed E-state index contributed by atoms with van der Waals surface area (Å²) >= 11 is 3.45. The Morgan fingerprint density at radius 2 is 2.38 bits per heavy atom. The maximum absolute atomic E-state index is 12.3. The van der Waals surface area contributed by atoms with E-state index < -0.39 is 0 Å². The Morgan fingerprint density at radius 3 is 2.50 bits per heavy atom. The van der Waals surface area contributed by atoms with Gasteiger partial charge in [0.05, 0.1) is 3.57 Å². The van der Waals surface area contributed by atoms with Crippen molar-refractivity contribution >= 4 is 33.9 Å². The van der Waals surface area contributed by atoms with E-state index in [2.05, 4.69) is 0 Å². The summed E-state index contributed by atoms with van der Waals surface area (Å²) in [4.78, 5) is 1.06. The number of aryl methyl sites for hydroxylation is 1. The van der Waals surface area contributed by atoms with E-state index in [9.17, 15) is 4.39 Å². The molecular weight excluding hydrogens is 238 g/mol. The quantitative estimate of drug-likeness (QED) is 0.613. The van der Waals surface area contributed by atoms with Crippen LogP contribution in [0.4, 0.5) is 4.39 Å². The smallest absolute Gasteiger partial charge is 0.147 e. The first-order valence-corrected chi connectivity index (χ1v) is 4.06. The van der Waals surface area contributed by atoms with Crippen LogP contribution in [0, 0.1) is 16.3 Å². The minimum Gasteiger partial charge on any atom is -0.205 e. The fraction of sp³-hybridized carbons (Fsp3) is 0.200. The lowest BCUT2D eigenvalue weighted by atomic mass is 10.5. The lowest BCUT2D eigenvalue weighted by molar-refractivity contribution is 0.625. The molecule has 0 saturated heterocycles. The normalized spacial score (nSPS) is 9.88. The summed E-state index contributed by atoms with van der Waals surface area (Å²) in [5, 5.41) is 1.52. The largest absolute Gasteiger partial charge is 0.205 e. The third-order valence-corrected chi connectivity index (χ3v) is 3.43. The van der Waals surface area contributed by atoms with E-state index in [0.29, 0.717) is 0 Å². The van der Waals surface area contributed by atoms with Crippen molar-refractivity contribution in [1.82, 2.24) is 0 Å². The molecule has 0 atom stereocenters. The van der Waals surface area contributed by atoms with Gasteiger partial charge in [0.15, 0.2) is 0 Å². The molecule has 0 N–H and O–H groups in total. The van der Waals surface area contributed by atoms with Gasteiger partial charge in [0, 0.05) is 10.3 Å². The molecule has 44 valence electrons. The minimum absolute atomic E-state index is 0.0897. The molecule has 0 spiro atoms. The van der Waals surface area contributed by atoms with E-state index in [-0.39, 0.29) is 5.82 Å². The fourth-order valence-electron chi connectivity index (χ4n) is 0.412. The van der Waals surface area contributed by atoms with Gasteiger partial charge in [-0.25, -0.2) is 4.39 Å². The van der Waals surface area contributed by atoms with E-state index in [1.54, 1.807) is 0 Å². The molecule has 0 fully saturated rings. The van der Waals surface area contributed by atoms with Crippen molar-refractivity contribution in [3.05, 3.63) is 19.6 Å². The van der Waals surface area contributed by atoms with Crippen LogP contribution < -0.4 is 0 Å². The molecule has 0 saturated carbocycles. The second-order valence-corrected chi connectivity index (χ2v) is 3.62. The highest BCUT2D eigenvalue weighted by Crippen LogP contribution is 2.21. The molecule has 1 aromatic rings. The summed E-state index contributed by atoms with van der Waals surface area (Å²) < 4.78 is 13.1. The van der Waals surface area contributed by atoms with Gasteiger partial charge in [0.25, 0.3) is 0 Å². The SMILES string of the molecule is Cc1scc(F)c1I. The Labute approximate surface area is 64.9 Å². The molecule has 1 heterocycles. The summed E-state index contributed by atoms with van der Waals surface area (Å²) in [6, 6.07) is 0. The van der Waals surface area contributed by atoms with Crippen molar-refractivity contribution in [3.63, 3.8) is 0 Å². The van der Waals surface area contributed by atoms with Crippen LogP contribution >= 0.6 is 33.9 Å². The summed E-state index contributed by atoms with van der Waals surface area (Å²) in [5.41, 5.74) is 0. The third-order valence-electron chi connectivity index (χ3n) is 0.858. The number of hydrogen-bond donors (Lipinski definition) is 0. The van der Waals surface area contributed by atoms with Gasteiger partial charge < -0.3 is 0 Å². The van der Waals surface area contributed by atoms with Gasteiger partial charge in [-0.05, 0) is 29.5 Å². The highest BCUT2D eigenvalue weighted by Gasteiger charge is 2.01. The summed E-state index contributed by atoms with van der Waals surface area (Å²) in [6.07, 6.45) is 0. The predicted octanol–water partition coefficient (Wildman–Crippen LogP) is 2.80. The van der Waals surface area contributed by atoms with E-state index in [4.69, 9.17) is 0 Å². The number of rotatable bonds is 0. The molecule has 0 nitrogen and oxygen atoms in total. The second-order valence-electron chi connectivity index (χ2n) is 1.45. The predicted molar refractivity (Wildman–Crippen MR) is 41.7 cm³/mol. The van der Waals surface area contributed by atoms with Crippen molar-refractivity contribution in [1.29, 1.82) is 0 Å². The van der Waals surface area contributed by atoms with Crippen molar-refractivity contribution in [2.45, 2.75) is 6.92 Å². The summed E-state index contributed by atoms with van der Waals surface area (Å²) in [6.45, 7) is 1.91. The number of halogens is 2. The topological polar surface area (TPSA) is 0 Å². The molecule has 0 unspecified atom stereocenters. The summed E-state index contributed by atoms with van der Waals surface area (Å²) in [7, 11) is 0. The van der Waals surface area contributed by atoms with Gasteiger partial charge in [-0.15, -0.1) is 11.3 Å². The lowest BCUT2D eigenvalue weighted by Gasteiger charge is -1.80. The number of thiophene rings is 1. The number of hydrogen-bond acceptors (Lipinski definition) is 1. The van der Waals surface area contributed by atoms with Gasteiger partial charge >= 0.3 is 0 Å². The van der Waals surface area contributed by atoms with Crippen molar-refractivity contribution in [3.8, 4) is 0 Å². The van der Waals surface area contributed by atoms with E-state index in [1.165, 1.54) is 16.7 Å². The average Bonchev–Trinajstić information content (AvgIpc) is 1.98. The van der Waals surface area contributed by atoms with Crippen LogP contribution in [0.1, 0.15) is 4.88 Å². The van der Waals surface area contributed by atoms with Crippen molar-refractivity contribution < 1.29 is 4.39 Å². The minimum atomic E-state index is -0.0897. The van der Waals surface area contributed by atoms with Gasteiger partial charge in [0.2, 0.25) is 0 Å². The lowest BCUT2D eigenvalue weighted by Crippen LogP contribution is -1.70. The van der Waals surface area contributed by atoms with Crippen LogP contribution in [0.25, 0.3) is 0 Å². The van der Waals surface area contributed by atoms with Crippen LogP contribution in [-0.2, 0) is 0 Å². The Bertz CT molecular complexity index is 175. The molecule has 0 aliphatic rings. The molecule has 0 aromatic carbocycles. The Kier molecular flexibility index (Phi) is 1.87. The van der Waals surface area contributed by atoms with Crippen LogP contribution in [-0.4, -0.2) is 0 Å². The molecule has 0 aliphatic carbocycles. The maximum Gasteiger partial charge on any atom is 0.147 e. The van der Waals surface area contributed by atoms with Crippen LogP contribution in [0.2, 0.25) is 0 Å². The van der Waals surface area contributed by atoms with Gasteiger partial charge in [-0.3, -0.25) is 0 Å². The van der Waals surface area contributed by atoms with Gasteiger partial charge in [0.1, 0.15) is 5.82 Å². The molecule has 0 aliphatic heterocycles. The maximum atomic E-state index is 12.3. The van der Waals surface area contributed by atoms with E-state index >= 15 is 0 Å². The Morgan fingerprint density at radius 1 is 1.75 bits per heavy atom. The molecule has 3 heteroatoms. The molecular formula is C5H4FIS. The molecule has 1 rings (SSSR count).